The topological polar surface area (TPSA) is 24.9 Å². The van der Waals surface area contributed by atoms with Gasteiger partial charge in [0.15, 0.2) is 0 Å². The van der Waals surface area contributed by atoms with Crippen LogP contribution in [0.25, 0.3) is 10.9 Å². The minimum Gasteiger partial charge on any atom is -0.388 e. The number of anilines is 1. The van der Waals surface area contributed by atoms with Crippen LogP contribution in [0.5, 0.6) is 0 Å². The summed E-state index contributed by atoms with van der Waals surface area (Å²) in [7, 11) is 1.96. The van der Waals surface area contributed by atoms with E-state index >= 15 is 0 Å². The van der Waals surface area contributed by atoms with Crippen molar-refractivity contribution >= 4 is 32.5 Å². The Kier molecular flexibility index (Phi) is 3.67. The van der Waals surface area contributed by atoms with Gasteiger partial charge in [-0.15, -0.1) is 0 Å². The number of aromatic nitrogens is 1. The second-order valence-corrected chi connectivity index (χ2v) is 5.08. The van der Waals surface area contributed by atoms with Gasteiger partial charge in [-0.25, -0.2) is 0 Å². The highest BCUT2D eigenvalue weighted by atomic mass is 79.9. The van der Waals surface area contributed by atoms with Gasteiger partial charge in [0.1, 0.15) is 0 Å². The van der Waals surface area contributed by atoms with Crippen molar-refractivity contribution in [2.75, 3.05) is 12.4 Å². The van der Waals surface area contributed by atoms with Crippen LogP contribution in [0, 0.1) is 6.92 Å². The molecule has 2 rings (SSSR count). The minimum atomic E-state index is 1.02. The molecule has 0 saturated heterocycles. The van der Waals surface area contributed by atoms with Gasteiger partial charge < -0.3 is 5.32 Å². The van der Waals surface area contributed by atoms with Gasteiger partial charge in [-0.3, -0.25) is 4.98 Å². The Morgan fingerprint density at radius 2 is 2.12 bits per heavy atom. The van der Waals surface area contributed by atoms with Gasteiger partial charge in [0.05, 0.1) is 5.52 Å². The molecule has 0 radical (unpaired) electrons. The lowest BCUT2D eigenvalue weighted by atomic mass is 10.1. The van der Waals surface area contributed by atoms with Gasteiger partial charge >= 0.3 is 0 Å². The predicted octanol–water partition coefficient (Wildman–Crippen LogP) is 4.30. The number of aryl methyl sites for hydroxylation is 2. The van der Waals surface area contributed by atoms with Crippen molar-refractivity contribution in [3.05, 3.63) is 33.9 Å². The van der Waals surface area contributed by atoms with Crippen LogP contribution in [-0.2, 0) is 6.42 Å². The van der Waals surface area contributed by atoms with E-state index in [4.69, 9.17) is 4.98 Å². The van der Waals surface area contributed by atoms with Crippen molar-refractivity contribution in [2.45, 2.75) is 26.7 Å². The van der Waals surface area contributed by atoms with Crippen LogP contribution in [0.4, 0.5) is 5.69 Å². The van der Waals surface area contributed by atoms with E-state index in [-0.39, 0.29) is 0 Å². The van der Waals surface area contributed by atoms with Gasteiger partial charge in [-0.05, 0) is 37.1 Å². The van der Waals surface area contributed by atoms with E-state index in [0.717, 1.165) is 34.2 Å². The molecular weight excluding hydrogens is 276 g/mol. The lowest BCUT2D eigenvalue weighted by Gasteiger charge is -2.11. The quantitative estimate of drug-likeness (QED) is 0.912. The number of halogens is 1. The number of hydrogen-bond acceptors (Lipinski definition) is 2. The molecule has 3 heteroatoms. The fourth-order valence-electron chi connectivity index (χ4n) is 2.05. The standard InChI is InChI=1S/C14H17BrN2/c1-4-5-10-8-13(16-3)11-6-7-12(15)9(2)14(11)17-10/h6-8H,4-5H2,1-3H3,(H,16,17). The molecule has 0 saturated carbocycles. The third-order valence-corrected chi connectivity index (χ3v) is 3.86. The second-order valence-electron chi connectivity index (χ2n) is 4.23. The second kappa shape index (κ2) is 5.05. The number of nitrogens with zero attached hydrogens (tertiary/aromatic N) is 1. The van der Waals surface area contributed by atoms with Crippen LogP contribution in [0.3, 0.4) is 0 Å². The highest BCUT2D eigenvalue weighted by Gasteiger charge is 2.08. The molecule has 0 fully saturated rings. The Bertz CT molecular complexity index is 549. The molecule has 2 nitrogen and oxygen atoms in total. The van der Waals surface area contributed by atoms with Crippen molar-refractivity contribution < 1.29 is 0 Å². The van der Waals surface area contributed by atoms with Crippen molar-refractivity contribution in [2.24, 2.45) is 0 Å². The van der Waals surface area contributed by atoms with Crippen LogP contribution in [0.15, 0.2) is 22.7 Å². The fraction of sp³-hybridized carbons (Fsp3) is 0.357. The molecule has 1 aromatic heterocycles. The smallest absolute Gasteiger partial charge is 0.0766 e. The van der Waals surface area contributed by atoms with Gasteiger partial charge in [-0.1, -0.05) is 29.3 Å². The molecule has 0 aliphatic rings. The predicted molar refractivity (Wildman–Crippen MR) is 77.7 cm³/mol. The van der Waals surface area contributed by atoms with Gasteiger partial charge in [0, 0.05) is 28.3 Å². The molecule has 1 N–H and O–H groups in total. The molecule has 0 bridgehead atoms. The maximum Gasteiger partial charge on any atom is 0.0766 e. The number of rotatable bonds is 3. The Morgan fingerprint density at radius 3 is 2.76 bits per heavy atom. The first-order valence-electron chi connectivity index (χ1n) is 5.93. The van der Waals surface area contributed by atoms with Gasteiger partial charge in [0.2, 0.25) is 0 Å². The van der Waals surface area contributed by atoms with Crippen LogP contribution in [0.2, 0.25) is 0 Å². The van der Waals surface area contributed by atoms with Crippen LogP contribution < -0.4 is 5.32 Å². The van der Waals surface area contributed by atoms with Crippen molar-refractivity contribution in [1.82, 2.24) is 4.98 Å². The third kappa shape index (κ3) is 2.29. The summed E-state index contributed by atoms with van der Waals surface area (Å²) >= 11 is 3.57. The van der Waals surface area contributed by atoms with E-state index < -0.39 is 0 Å². The van der Waals surface area contributed by atoms with E-state index in [2.05, 4.69) is 53.3 Å². The minimum absolute atomic E-state index is 1.02. The number of fused-ring (bicyclic) bond motifs is 1. The number of hydrogen-bond donors (Lipinski definition) is 1. The zero-order valence-electron chi connectivity index (χ0n) is 10.5. The van der Waals surface area contributed by atoms with Crippen molar-refractivity contribution in [3.63, 3.8) is 0 Å². The van der Waals surface area contributed by atoms with E-state index in [1.54, 1.807) is 0 Å². The SMILES string of the molecule is CCCc1cc(NC)c2ccc(Br)c(C)c2n1. The summed E-state index contributed by atoms with van der Waals surface area (Å²) in [6.45, 7) is 4.28. The maximum absolute atomic E-state index is 4.76. The van der Waals surface area contributed by atoms with Crippen molar-refractivity contribution in [1.29, 1.82) is 0 Å². The summed E-state index contributed by atoms with van der Waals surface area (Å²) in [5.74, 6) is 0. The lowest BCUT2D eigenvalue weighted by Crippen LogP contribution is -1.98. The zero-order valence-corrected chi connectivity index (χ0v) is 12.1. The fourth-order valence-corrected chi connectivity index (χ4v) is 2.37. The Hall–Kier alpha value is -1.09. The van der Waals surface area contributed by atoms with Crippen LogP contribution in [-0.4, -0.2) is 12.0 Å². The van der Waals surface area contributed by atoms with Crippen LogP contribution in [0.1, 0.15) is 24.6 Å². The molecular formula is C14H17BrN2. The Balaban J connectivity index is 2.73. The van der Waals surface area contributed by atoms with E-state index in [9.17, 15) is 0 Å². The first-order chi connectivity index (χ1) is 8.17. The Morgan fingerprint density at radius 1 is 1.35 bits per heavy atom. The molecule has 17 heavy (non-hydrogen) atoms. The van der Waals surface area contributed by atoms with Gasteiger partial charge in [0.25, 0.3) is 0 Å². The van der Waals surface area contributed by atoms with Crippen molar-refractivity contribution in [3.8, 4) is 0 Å². The molecule has 1 aromatic carbocycles. The lowest BCUT2D eigenvalue weighted by molar-refractivity contribution is 0.889. The molecule has 0 aliphatic carbocycles. The summed E-state index contributed by atoms with van der Waals surface area (Å²) < 4.78 is 1.12. The molecule has 1 heterocycles. The Labute approximate surface area is 111 Å². The largest absolute Gasteiger partial charge is 0.388 e. The first-order valence-corrected chi connectivity index (χ1v) is 6.73. The summed E-state index contributed by atoms with van der Waals surface area (Å²) in [5.41, 5.74) is 4.62. The third-order valence-electron chi connectivity index (χ3n) is 3.00. The number of nitrogens with one attached hydrogen (secondary N) is 1. The van der Waals surface area contributed by atoms with Crippen LogP contribution >= 0.6 is 15.9 Å². The van der Waals surface area contributed by atoms with E-state index in [1.807, 2.05) is 7.05 Å². The normalized spacial score (nSPS) is 10.8. The average Bonchev–Trinajstić information content (AvgIpc) is 2.34. The molecule has 0 spiro atoms. The average molecular weight is 293 g/mol. The summed E-state index contributed by atoms with van der Waals surface area (Å²) in [6, 6.07) is 6.35. The van der Waals surface area contributed by atoms with E-state index in [0.29, 0.717) is 0 Å². The van der Waals surface area contributed by atoms with Gasteiger partial charge in [-0.2, -0.15) is 0 Å². The zero-order chi connectivity index (χ0) is 12.4. The summed E-state index contributed by atoms with van der Waals surface area (Å²) in [5, 5.41) is 4.45. The summed E-state index contributed by atoms with van der Waals surface area (Å²) in [4.78, 5) is 4.76. The number of pyridine rings is 1. The molecule has 0 amide bonds. The monoisotopic (exact) mass is 292 g/mol. The highest BCUT2D eigenvalue weighted by molar-refractivity contribution is 9.10. The molecule has 2 aromatic rings. The molecule has 0 aliphatic heterocycles. The molecule has 0 atom stereocenters. The van der Waals surface area contributed by atoms with E-state index in [1.165, 1.54) is 10.9 Å². The first kappa shape index (κ1) is 12.4. The number of benzene rings is 1. The highest BCUT2D eigenvalue weighted by Crippen LogP contribution is 2.29. The summed E-state index contributed by atoms with van der Waals surface area (Å²) in [6.07, 6.45) is 2.14. The molecule has 0 unspecified atom stereocenters. The maximum atomic E-state index is 4.76. The molecule has 90 valence electrons.